The van der Waals surface area contributed by atoms with Crippen molar-refractivity contribution in [1.82, 2.24) is 14.1 Å². The van der Waals surface area contributed by atoms with Crippen molar-refractivity contribution in [1.29, 1.82) is 47.4 Å². The second-order valence-corrected chi connectivity index (χ2v) is 18.9. The molecule has 12 heteroatoms. The van der Waals surface area contributed by atoms with E-state index in [9.17, 15) is 47.4 Å². The maximum Gasteiger partial charge on any atom is 0.0992 e. The number of benzene rings is 9. The van der Waals surface area contributed by atoms with Crippen LogP contribution in [0.5, 0.6) is 0 Å². The van der Waals surface area contributed by atoms with Crippen LogP contribution in [-0.4, -0.2) is 14.1 Å². The highest BCUT2D eigenvalue weighted by Gasteiger charge is 2.23. The summed E-state index contributed by atoms with van der Waals surface area (Å²) in [6.07, 6.45) is 3.49. The Hall–Kier alpha value is -12.9. The molecule has 0 fully saturated rings. The van der Waals surface area contributed by atoms with Crippen molar-refractivity contribution >= 4 is 43.6 Å². The number of aromatic nitrogens is 3. The predicted molar refractivity (Wildman–Crippen MR) is 303 cm³/mol. The van der Waals surface area contributed by atoms with Gasteiger partial charge in [0.2, 0.25) is 0 Å². The van der Waals surface area contributed by atoms with Gasteiger partial charge in [-0.25, -0.2) is 0 Å². The summed E-state index contributed by atoms with van der Waals surface area (Å²) in [4.78, 5) is 4.71. The number of hydrogen-bond donors (Lipinski definition) is 0. The average Bonchev–Trinajstić information content (AvgIpc) is 4.20. The Balaban J connectivity index is 1.12. The number of nitrogens with zero attached hydrogens (tertiary/aromatic N) is 12. The Morgan fingerprint density at radius 1 is 0.250 bits per heavy atom. The number of hydrogen-bond acceptors (Lipinski definition) is 10. The highest BCUT2D eigenvalue weighted by Crippen LogP contribution is 2.44. The van der Waals surface area contributed by atoms with Crippen LogP contribution in [0.1, 0.15) is 50.1 Å². The van der Waals surface area contributed by atoms with Crippen LogP contribution in [0.25, 0.3) is 111 Å². The minimum atomic E-state index is 0.340. The van der Waals surface area contributed by atoms with Gasteiger partial charge in [-0.2, -0.15) is 47.4 Å². The van der Waals surface area contributed by atoms with E-state index < -0.39 is 0 Å². The normalized spacial score (nSPS) is 10.6. The molecule has 80 heavy (non-hydrogen) atoms. The molecule has 0 spiro atoms. The molecule has 0 atom stereocenters. The summed E-state index contributed by atoms with van der Waals surface area (Å²) in [6.45, 7) is 0. The third-order valence-electron chi connectivity index (χ3n) is 14.3. The van der Waals surface area contributed by atoms with Gasteiger partial charge in [0, 0.05) is 45.1 Å². The van der Waals surface area contributed by atoms with Crippen molar-refractivity contribution < 1.29 is 0 Å². The van der Waals surface area contributed by atoms with E-state index in [2.05, 4.69) is 63.8 Å². The summed E-state index contributed by atoms with van der Waals surface area (Å²) >= 11 is 0. The molecule has 0 aliphatic heterocycles. The number of rotatable bonds is 7. The fourth-order valence-corrected chi connectivity index (χ4v) is 10.8. The Bertz CT molecular complexity index is 4750. The van der Waals surface area contributed by atoms with E-state index in [0.29, 0.717) is 89.1 Å². The van der Waals surface area contributed by atoms with E-state index in [1.165, 1.54) is 0 Å². The molecule has 0 aliphatic rings. The lowest BCUT2D eigenvalue weighted by Gasteiger charge is -2.18. The maximum absolute atomic E-state index is 10.6. The molecule has 3 heterocycles. The van der Waals surface area contributed by atoms with Gasteiger partial charge in [0.05, 0.1) is 138 Å². The lowest BCUT2D eigenvalue weighted by atomic mass is 9.97. The third kappa shape index (κ3) is 8.17. The quantitative estimate of drug-likeness (QED) is 0.146. The van der Waals surface area contributed by atoms with E-state index >= 15 is 0 Å². The Morgan fingerprint density at radius 2 is 0.537 bits per heavy atom. The highest BCUT2D eigenvalue weighted by molar-refractivity contribution is 6.14. The number of fused-ring (bicyclic) bond motifs is 6. The minimum Gasteiger partial charge on any atom is -0.309 e. The van der Waals surface area contributed by atoms with Gasteiger partial charge in [-0.1, -0.05) is 24.3 Å². The van der Waals surface area contributed by atoms with Crippen molar-refractivity contribution in [2.75, 3.05) is 0 Å². The molecule has 0 radical (unpaired) electrons. The fourth-order valence-electron chi connectivity index (χ4n) is 10.8. The predicted octanol–water partition coefficient (Wildman–Crippen LogP) is 14.5. The molecule has 362 valence electrons. The highest BCUT2D eigenvalue weighted by atomic mass is 15.0. The Labute approximate surface area is 456 Å². The second-order valence-electron chi connectivity index (χ2n) is 18.9. The van der Waals surface area contributed by atoms with E-state index in [0.717, 1.165) is 71.6 Å². The van der Waals surface area contributed by atoms with Crippen LogP contribution in [0.4, 0.5) is 0 Å². The number of pyridine rings is 1. The molecular formula is C68H30N12. The average molecular weight is 1020 g/mol. The molecule has 0 N–H and O–H groups in total. The minimum absolute atomic E-state index is 0.340. The molecular weight excluding hydrogens is 985 g/mol. The molecule has 3 aromatic heterocycles. The summed E-state index contributed by atoms with van der Waals surface area (Å²) in [5, 5.41) is 93.3. The van der Waals surface area contributed by atoms with Gasteiger partial charge < -0.3 is 9.13 Å². The molecule has 0 aliphatic carbocycles. The van der Waals surface area contributed by atoms with Gasteiger partial charge in [-0.05, 0) is 190 Å². The first-order chi connectivity index (χ1) is 39.2. The SMILES string of the molecule is N#Cc1cc(C#N)cc(-c2ccc3c(c2)c2cc(-c4cc(C#N)cc(C#N)c4)ccc2n3-c2ccncc2-c2cc(C#N)ccc2-n2c3ccc(-c4cc(C#N)cc(C#N)c4)cc3c3cc(-c4cc(C#N)cc(C#N)c4)ccc32)c1. The molecule has 12 rings (SSSR count). The van der Waals surface area contributed by atoms with E-state index in [4.69, 9.17) is 4.98 Å². The second kappa shape index (κ2) is 19.4. The third-order valence-corrected chi connectivity index (χ3v) is 14.3. The maximum atomic E-state index is 10.6. The topological polar surface area (TPSA) is 237 Å². The summed E-state index contributed by atoms with van der Waals surface area (Å²) in [6, 6.07) is 71.3. The zero-order chi connectivity index (χ0) is 55.2. The first-order valence-corrected chi connectivity index (χ1v) is 24.6. The van der Waals surface area contributed by atoms with Crippen molar-refractivity contribution in [3.63, 3.8) is 0 Å². The van der Waals surface area contributed by atoms with Gasteiger partial charge >= 0.3 is 0 Å². The van der Waals surface area contributed by atoms with Crippen LogP contribution in [0.3, 0.4) is 0 Å². The summed E-state index contributed by atoms with van der Waals surface area (Å²) in [7, 11) is 0. The monoisotopic (exact) mass is 1010 g/mol. The molecule has 0 bridgehead atoms. The zero-order valence-electron chi connectivity index (χ0n) is 41.7. The lowest BCUT2D eigenvalue weighted by Crippen LogP contribution is -2.02. The summed E-state index contributed by atoms with van der Waals surface area (Å²) < 4.78 is 4.27. The fraction of sp³-hybridized carbons (Fsp3) is 0. The summed E-state index contributed by atoms with van der Waals surface area (Å²) in [5.74, 6) is 0. The van der Waals surface area contributed by atoms with Gasteiger partial charge in [0.1, 0.15) is 0 Å². The van der Waals surface area contributed by atoms with Crippen LogP contribution < -0.4 is 0 Å². The molecule has 12 nitrogen and oxygen atoms in total. The smallest absolute Gasteiger partial charge is 0.0992 e. The van der Waals surface area contributed by atoms with Crippen molar-refractivity contribution in [2.45, 2.75) is 0 Å². The van der Waals surface area contributed by atoms with Gasteiger partial charge in [-0.3, -0.25) is 4.98 Å². The van der Waals surface area contributed by atoms with Crippen molar-refractivity contribution in [3.8, 4) is 122 Å². The Morgan fingerprint density at radius 3 is 0.825 bits per heavy atom. The van der Waals surface area contributed by atoms with Crippen LogP contribution in [0.2, 0.25) is 0 Å². The van der Waals surface area contributed by atoms with Crippen LogP contribution in [0, 0.1) is 102 Å². The summed E-state index contributed by atoms with van der Waals surface area (Å²) in [5.41, 5.74) is 14.8. The molecule has 0 saturated heterocycles. The Kier molecular flexibility index (Phi) is 11.7. The molecule has 0 amide bonds. The lowest BCUT2D eigenvalue weighted by molar-refractivity contribution is 1.14. The largest absolute Gasteiger partial charge is 0.309 e. The molecule has 0 unspecified atom stereocenters. The zero-order valence-corrected chi connectivity index (χ0v) is 41.7. The molecule has 12 aromatic rings. The number of nitriles is 9. The van der Waals surface area contributed by atoms with Crippen molar-refractivity contribution in [3.05, 3.63) is 232 Å². The first kappa shape index (κ1) is 48.1. The first-order valence-electron chi connectivity index (χ1n) is 24.6. The van der Waals surface area contributed by atoms with E-state index in [1.807, 2.05) is 91.0 Å². The van der Waals surface area contributed by atoms with Crippen LogP contribution in [-0.2, 0) is 0 Å². The van der Waals surface area contributed by atoms with Crippen LogP contribution >= 0.6 is 0 Å². The molecule has 0 saturated carbocycles. The van der Waals surface area contributed by atoms with Gasteiger partial charge in [0.15, 0.2) is 0 Å². The van der Waals surface area contributed by atoms with Gasteiger partial charge in [0.25, 0.3) is 0 Å². The van der Waals surface area contributed by atoms with Gasteiger partial charge in [-0.15, -0.1) is 0 Å². The van der Waals surface area contributed by atoms with Crippen LogP contribution in [0.15, 0.2) is 182 Å². The van der Waals surface area contributed by atoms with Crippen molar-refractivity contribution in [2.24, 2.45) is 0 Å². The van der Waals surface area contributed by atoms with E-state index in [-0.39, 0.29) is 0 Å². The van der Waals surface area contributed by atoms with E-state index in [1.54, 1.807) is 91.3 Å². The standard InChI is InChI=1S/C68H30N12/c69-30-40-1-6-63(79-64-7-2-49(53-17-41(31-70)13-42(18-53)32-71)26-58(64)59-27-50(3-8-65(59)79)54-19-43(33-72)14-44(20-54)34-73)57(25-40)62-39-78-12-11-68(62)80-66-9-4-51(55-21-45(35-74)15-46(22-55)36-75)28-60(66)61-29-52(5-10-67(61)80)56-23-47(37-76)16-48(24-56)38-77/h1-29,39H. The molecule has 9 aromatic carbocycles.